The summed E-state index contributed by atoms with van der Waals surface area (Å²) >= 11 is 1.47. The van der Waals surface area contributed by atoms with Crippen molar-refractivity contribution in [2.24, 2.45) is 0 Å². The molecule has 0 saturated carbocycles. The highest BCUT2D eigenvalue weighted by Crippen LogP contribution is 2.33. The molecule has 2 aromatic rings. The van der Waals surface area contributed by atoms with Crippen LogP contribution in [0.3, 0.4) is 0 Å². The Balaban J connectivity index is 2.66. The zero-order valence-corrected chi connectivity index (χ0v) is 8.17. The van der Waals surface area contributed by atoms with Crippen molar-refractivity contribution >= 4 is 22.1 Å². The first kappa shape index (κ1) is 9.52. The first-order valence-electron chi connectivity index (χ1n) is 4.03. The second kappa shape index (κ2) is 2.98. The fraction of sp³-hybridized carbons (Fsp3) is 0.200. The Labute approximate surface area is 83.0 Å². The highest BCUT2D eigenvalue weighted by Gasteiger charge is 2.30. The number of hydrogen-bond acceptors (Lipinski definition) is 1. The largest absolute Gasteiger partial charge is 0.416 e. The molecule has 0 bridgehead atoms. The summed E-state index contributed by atoms with van der Waals surface area (Å²) in [5, 5.41) is 3.44. The monoisotopic (exact) mass is 216 g/mol. The molecule has 0 fully saturated rings. The van der Waals surface area contributed by atoms with Crippen LogP contribution in [0.5, 0.6) is 0 Å². The standard InChI is InChI=1S/C10H7F3S/c1-6-9-4-8(10(11,12)13)3-2-7(9)5-14-6/h2-5H,1H3. The van der Waals surface area contributed by atoms with Crippen molar-refractivity contribution in [3.63, 3.8) is 0 Å². The molecule has 0 saturated heterocycles. The average Bonchev–Trinajstić information content (AvgIpc) is 2.46. The Bertz CT molecular complexity index is 468. The van der Waals surface area contributed by atoms with Gasteiger partial charge in [0.05, 0.1) is 5.56 Å². The molecule has 74 valence electrons. The lowest BCUT2D eigenvalue weighted by Gasteiger charge is -2.06. The van der Waals surface area contributed by atoms with Crippen molar-refractivity contribution in [1.82, 2.24) is 0 Å². The first-order valence-corrected chi connectivity index (χ1v) is 4.91. The summed E-state index contributed by atoms with van der Waals surface area (Å²) in [7, 11) is 0. The lowest BCUT2D eigenvalue weighted by molar-refractivity contribution is -0.137. The van der Waals surface area contributed by atoms with Crippen LogP contribution < -0.4 is 0 Å². The van der Waals surface area contributed by atoms with E-state index >= 15 is 0 Å². The topological polar surface area (TPSA) is 0 Å². The molecule has 0 aliphatic carbocycles. The fourth-order valence-electron chi connectivity index (χ4n) is 1.36. The molecular weight excluding hydrogens is 209 g/mol. The lowest BCUT2D eigenvalue weighted by atomic mass is 10.1. The van der Waals surface area contributed by atoms with E-state index in [4.69, 9.17) is 0 Å². The van der Waals surface area contributed by atoms with Crippen molar-refractivity contribution < 1.29 is 13.2 Å². The highest BCUT2D eigenvalue weighted by atomic mass is 32.1. The summed E-state index contributed by atoms with van der Waals surface area (Å²) in [5.41, 5.74) is -0.577. The van der Waals surface area contributed by atoms with E-state index in [0.29, 0.717) is 5.39 Å². The lowest BCUT2D eigenvalue weighted by Crippen LogP contribution is -2.03. The van der Waals surface area contributed by atoms with E-state index in [9.17, 15) is 13.2 Å². The fourth-order valence-corrected chi connectivity index (χ4v) is 2.17. The maximum atomic E-state index is 12.4. The van der Waals surface area contributed by atoms with Crippen molar-refractivity contribution in [3.8, 4) is 0 Å². The predicted octanol–water partition coefficient (Wildman–Crippen LogP) is 4.23. The summed E-state index contributed by atoms with van der Waals surface area (Å²) in [6, 6.07) is 3.84. The van der Waals surface area contributed by atoms with Crippen LogP contribution in [-0.4, -0.2) is 0 Å². The molecule has 14 heavy (non-hydrogen) atoms. The van der Waals surface area contributed by atoms with E-state index < -0.39 is 11.7 Å². The second-order valence-corrected chi connectivity index (χ2v) is 4.18. The number of thiophene rings is 1. The Kier molecular flexibility index (Phi) is 2.03. The molecule has 0 aliphatic heterocycles. The average molecular weight is 216 g/mol. The van der Waals surface area contributed by atoms with Crippen LogP contribution in [0.25, 0.3) is 10.8 Å². The zero-order chi connectivity index (χ0) is 10.3. The second-order valence-electron chi connectivity index (χ2n) is 3.09. The Morgan fingerprint density at radius 1 is 1.21 bits per heavy atom. The maximum absolute atomic E-state index is 12.4. The SMILES string of the molecule is Cc1scc2ccc(C(F)(F)F)cc12. The van der Waals surface area contributed by atoms with E-state index in [1.807, 2.05) is 12.3 Å². The van der Waals surface area contributed by atoms with Gasteiger partial charge in [-0.2, -0.15) is 13.2 Å². The third-order valence-electron chi connectivity index (χ3n) is 2.12. The Morgan fingerprint density at radius 3 is 2.57 bits per heavy atom. The number of fused-ring (bicyclic) bond motifs is 1. The molecule has 0 nitrogen and oxygen atoms in total. The summed E-state index contributed by atoms with van der Waals surface area (Å²) < 4.78 is 37.1. The summed E-state index contributed by atoms with van der Waals surface area (Å²) in [5.74, 6) is 0. The Morgan fingerprint density at radius 2 is 1.93 bits per heavy atom. The third-order valence-corrected chi connectivity index (χ3v) is 3.07. The molecule has 1 aromatic heterocycles. The van der Waals surface area contributed by atoms with Gasteiger partial charge in [0.1, 0.15) is 0 Å². The van der Waals surface area contributed by atoms with Crippen molar-refractivity contribution in [2.45, 2.75) is 13.1 Å². The summed E-state index contributed by atoms with van der Waals surface area (Å²) in [4.78, 5) is 0.922. The summed E-state index contributed by atoms with van der Waals surface area (Å²) in [6.07, 6.45) is -4.25. The van der Waals surface area contributed by atoms with Crippen LogP contribution in [0.2, 0.25) is 0 Å². The number of aryl methyl sites for hydroxylation is 1. The highest BCUT2D eigenvalue weighted by molar-refractivity contribution is 7.11. The minimum absolute atomic E-state index is 0.577. The van der Waals surface area contributed by atoms with E-state index in [2.05, 4.69) is 0 Å². The number of benzene rings is 1. The van der Waals surface area contributed by atoms with Gasteiger partial charge in [-0.15, -0.1) is 11.3 Å². The first-order chi connectivity index (χ1) is 6.48. The van der Waals surface area contributed by atoms with Crippen LogP contribution in [0.15, 0.2) is 23.6 Å². The van der Waals surface area contributed by atoms with Crippen molar-refractivity contribution in [3.05, 3.63) is 34.0 Å². The van der Waals surface area contributed by atoms with Gasteiger partial charge in [0.25, 0.3) is 0 Å². The van der Waals surface area contributed by atoms with Crippen molar-refractivity contribution in [2.75, 3.05) is 0 Å². The Hall–Kier alpha value is -1.03. The molecule has 0 atom stereocenters. The molecule has 0 spiro atoms. The molecule has 4 heteroatoms. The van der Waals surface area contributed by atoms with Gasteiger partial charge in [-0.25, -0.2) is 0 Å². The van der Waals surface area contributed by atoms with E-state index in [1.165, 1.54) is 23.5 Å². The minimum Gasteiger partial charge on any atom is -0.166 e. The molecule has 0 radical (unpaired) electrons. The van der Waals surface area contributed by atoms with E-state index in [1.54, 1.807) is 0 Å². The number of rotatable bonds is 0. The van der Waals surface area contributed by atoms with Gasteiger partial charge < -0.3 is 0 Å². The van der Waals surface area contributed by atoms with Gasteiger partial charge >= 0.3 is 6.18 Å². The summed E-state index contributed by atoms with van der Waals surface area (Å²) in [6.45, 7) is 1.83. The van der Waals surface area contributed by atoms with Crippen LogP contribution in [0.4, 0.5) is 13.2 Å². The van der Waals surface area contributed by atoms with Gasteiger partial charge in [-0.1, -0.05) is 6.07 Å². The molecule has 0 unspecified atom stereocenters. The van der Waals surface area contributed by atoms with E-state index in [0.717, 1.165) is 16.3 Å². The molecule has 0 amide bonds. The molecule has 0 aliphatic rings. The molecule has 2 rings (SSSR count). The van der Waals surface area contributed by atoms with Crippen molar-refractivity contribution in [1.29, 1.82) is 0 Å². The van der Waals surface area contributed by atoms with E-state index in [-0.39, 0.29) is 0 Å². The minimum atomic E-state index is -4.25. The number of hydrogen-bond donors (Lipinski definition) is 0. The third kappa shape index (κ3) is 1.50. The molecule has 0 N–H and O–H groups in total. The van der Waals surface area contributed by atoms with Crippen LogP contribution in [0.1, 0.15) is 10.4 Å². The maximum Gasteiger partial charge on any atom is 0.416 e. The van der Waals surface area contributed by atoms with Crippen LogP contribution >= 0.6 is 11.3 Å². The van der Waals surface area contributed by atoms with Gasteiger partial charge in [0.15, 0.2) is 0 Å². The molecular formula is C10H7F3S. The van der Waals surface area contributed by atoms with Gasteiger partial charge in [-0.3, -0.25) is 0 Å². The predicted molar refractivity (Wildman–Crippen MR) is 51.6 cm³/mol. The van der Waals surface area contributed by atoms with Gasteiger partial charge in [0, 0.05) is 4.88 Å². The number of halogens is 3. The molecule has 1 heterocycles. The van der Waals surface area contributed by atoms with Crippen LogP contribution in [-0.2, 0) is 6.18 Å². The van der Waals surface area contributed by atoms with Gasteiger partial charge in [-0.05, 0) is 35.2 Å². The normalized spacial score (nSPS) is 12.3. The van der Waals surface area contributed by atoms with Gasteiger partial charge in [0.2, 0.25) is 0 Å². The van der Waals surface area contributed by atoms with Crippen LogP contribution in [0, 0.1) is 6.92 Å². The number of alkyl halides is 3. The molecule has 1 aromatic carbocycles. The quantitative estimate of drug-likeness (QED) is 0.618. The smallest absolute Gasteiger partial charge is 0.166 e. The zero-order valence-electron chi connectivity index (χ0n) is 7.35.